The SMILES string of the molecule is CCC(N)C(=O)Nc1cn(C)nc1C. The van der Waals surface area contributed by atoms with Crippen LogP contribution in [-0.2, 0) is 11.8 Å². The smallest absolute Gasteiger partial charge is 0.241 e. The van der Waals surface area contributed by atoms with Crippen LogP contribution in [0, 0.1) is 6.92 Å². The highest BCUT2D eigenvalue weighted by Crippen LogP contribution is 2.11. The molecular formula is C9H16N4O. The summed E-state index contributed by atoms with van der Waals surface area (Å²) in [4.78, 5) is 11.4. The number of anilines is 1. The average Bonchev–Trinajstić information content (AvgIpc) is 2.44. The molecule has 1 amide bonds. The molecule has 0 radical (unpaired) electrons. The summed E-state index contributed by atoms with van der Waals surface area (Å²) in [5.74, 6) is -0.163. The summed E-state index contributed by atoms with van der Waals surface area (Å²) >= 11 is 0. The zero-order valence-corrected chi connectivity index (χ0v) is 8.74. The third-order valence-electron chi connectivity index (χ3n) is 2.05. The summed E-state index contributed by atoms with van der Waals surface area (Å²) in [6.07, 6.45) is 2.39. The molecule has 1 atom stereocenters. The highest BCUT2D eigenvalue weighted by atomic mass is 16.2. The lowest BCUT2D eigenvalue weighted by molar-refractivity contribution is -0.117. The predicted octanol–water partition coefficient (Wildman–Crippen LogP) is 0.404. The van der Waals surface area contributed by atoms with E-state index in [1.54, 1.807) is 10.9 Å². The number of amides is 1. The van der Waals surface area contributed by atoms with Crippen molar-refractivity contribution in [2.45, 2.75) is 26.3 Å². The molecule has 1 aromatic heterocycles. The van der Waals surface area contributed by atoms with Gasteiger partial charge in [-0.2, -0.15) is 5.10 Å². The molecule has 14 heavy (non-hydrogen) atoms. The number of carbonyl (C=O) groups excluding carboxylic acids is 1. The Balaban J connectivity index is 2.69. The molecule has 1 unspecified atom stereocenters. The van der Waals surface area contributed by atoms with Gasteiger partial charge in [-0.15, -0.1) is 0 Å². The van der Waals surface area contributed by atoms with Gasteiger partial charge >= 0.3 is 0 Å². The van der Waals surface area contributed by atoms with E-state index in [0.29, 0.717) is 6.42 Å². The second-order valence-electron chi connectivity index (χ2n) is 3.31. The first-order chi connectivity index (χ1) is 6.54. The molecule has 0 aromatic carbocycles. The van der Waals surface area contributed by atoms with E-state index in [0.717, 1.165) is 11.4 Å². The van der Waals surface area contributed by atoms with E-state index in [1.807, 2.05) is 20.9 Å². The normalized spacial score (nSPS) is 12.6. The van der Waals surface area contributed by atoms with Gasteiger partial charge in [0, 0.05) is 13.2 Å². The summed E-state index contributed by atoms with van der Waals surface area (Å²) < 4.78 is 1.66. The Hall–Kier alpha value is -1.36. The maximum absolute atomic E-state index is 11.4. The molecule has 0 saturated carbocycles. The molecule has 1 aromatic rings. The van der Waals surface area contributed by atoms with Crippen LogP contribution in [0.1, 0.15) is 19.0 Å². The van der Waals surface area contributed by atoms with Crippen molar-refractivity contribution in [3.8, 4) is 0 Å². The van der Waals surface area contributed by atoms with Gasteiger partial charge in [0.1, 0.15) is 0 Å². The summed E-state index contributed by atoms with van der Waals surface area (Å²) in [6.45, 7) is 3.72. The van der Waals surface area contributed by atoms with Gasteiger partial charge in [-0.1, -0.05) is 6.92 Å². The van der Waals surface area contributed by atoms with E-state index < -0.39 is 6.04 Å². The van der Waals surface area contributed by atoms with Crippen LogP contribution >= 0.6 is 0 Å². The van der Waals surface area contributed by atoms with E-state index in [4.69, 9.17) is 5.73 Å². The van der Waals surface area contributed by atoms with Crippen LogP contribution < -0.4 is 11.1 Å². The van der Waals surface area contributed by atoms with Crippen molar-refractivity contribution < 1.29 is 4.79 Å². The molecule has 3 N–H and O–H groups in total. The molecule has 0 aliphatic heterocycles. The van der Waals surface area contributed by atoms with Crippen LogP contribution in [0.2, 0.25) is 0 Å². The van der Waals surface area contributed by atoms with E-state index >= 15 is 0 Å². The minimum atomic E-state index is -0.449. The van der Waals surface area contributed by atoms with E-state index in [2.05, 4.69) is 10.4 Å². The van der Waals surface area contributed by atoms with Gasteiger partial charge in [-0.05, 0) is 13.3 Å². The van der Waals surface area contributed by atoms with Crippen LogP contribution in [0.15, 0.2) is 6.20 Å². The summed E-state index contributed by atoms with van der Waals surface area (Å²) in [7, 11) is 1.81. The Morgan fingerprint density at radius 3 is 2.86 bits per heavy atom. The van der Waals surface area contributed by atoms with Crippen LogP contribution in [-0.4, -0.2) is 21.7 Å². The molecule has 78 valence electrons. The number of hydrogen-bond acceptors (Lipinski definition) is 3. The summed E-state index contributed by atoms with van der Waals surface area (Å²) in [5.41, 5.74) is 7.10. The Labute approximate surface area is 83.3 Å². The molecule has 1 rings (SSSR count). The van der Waals surface area contributed by atoms with Crippen molar-refractivity contribution in [1.82, 2.24) is 9.78 Å². The lowest BCUT2D eigenvalue weighted by atomic mass is 10.2. The largest absolute Gasteiger partial charge is 0.322 e. The highest BCUT2D eigenvalue weighted by molar-refractivity contribution is 5.94. The monoisotopic (exact) mass is 196 g/mol. The molecule has 0 aliphatic rings. The van der Waals surface area contributed by atoms with Crippen LogP contribution in [0.4, 0.5) is 5.69 Å². The van der Waals surface area contributed by atoms with Gasteiger partial charge in [-0.25, -0.2) is 0 Å². The van der Waals surface area contributed by atoms with Crippen molar-refractivity contribution in [2.75, 3.05) is 5.32 Å². The van der Waals surface area contributed by atoms with Crippen molar-refractivity contribution in [2.24, 2.45) is 12.8 Å². The number of nitrogens with one attached hydrogen (secondary N) is 1. The van der Waals surface area contributed by atoms with E-state index in [-0.39, 0.29) is 5.91 Å². The molecule has 5 nitrogen and oxygen atoms in total. The first-order valence-electron chi connectivity index (χ1n) is 4.61. The molecule has 0 bridgehead atoms. The fourth-order valence-electron chi connectivity index (χ4n) is 1.13. The minimum absolute atomic E-state index is 0.163. The van der Waals surface area contributed by atoms with Crippen molar-refractivity contribution >= 4 is 11.6 Å². The molecule has 0 spiro atoms. The number of rotatable bonds is 3. The highest BCUT2D eigenvalue weighted by Gasteiger charge is 2.13. The second kappa shape index (κ2) is 4.23. The quantitative estimate of drug-likeness (QED) is 0.735. The third-order valence-corrected chi connectivity index (χ3v) is 2.05. The zero-order valence-electron chi connectivity index (χ0n) is 8.74. The Morgan fingerprint density at radius 1 is 1.79 bits per heavy atom. The molecule has 0 aliphatic carbocycles. The maximum Gasteiger partial charge on any atom is 0.241 e. The van der Waals surface area contributed by atoms with E-state index in [9.17, 15) is 4.79 Å². The van der Waals surface area contributed by atoms with Crippen molar-refractivity contribution in [1.29, 1.82) is 0 Å². The molecular weight excluding hydrogens is 180 g/mol. The molecule has 1 heterocycles. The average molecular weight is 196 g/mol. The second-order valence-corrected chi connectivity index (χ2v) is 3.31. The number of aromatic nitrogens is 2. The first-order valence-corrected chi connectivity index (χ1v) is 4.61. The van der Waals surface area contributed by atoms with Gasteiger partial charge in [0.05, 0.1) is 17.4 Å². The Bertz CT molecular complexity index is 332. The van der Waals surface area contributed by atoms with Crippen LogP contribution in [0.3, 0.4) is 0 Å². The number of aryl methyl sites for hydroxylation is 2. The minimum Gasteiger partial charge on any atom is -0.322 e. The number of nitrogens with zero attached hydrogens (tertiary/aromatic N) is 2. The lowest BCUT2D eigenvalue weighted by Gasteiger charge is -2.08. The zero-order chi connectivity index (χ0) is 10.7. The molecule has 0 fully saturated rings. The predicted molar refractivity (Wildman–Crippen MR) is 54.8 cm³/mol. The summed E-state index contributed by atoms with van der Waals surface area (Å²) in [6, 6.07) is -0.449. The van der Waals surface area contributed by atoms with Gasteiger partial charge in [0.15, 0.2) is 0 Å². The van der Waals surface area contributed by atoms with Crippen molar-refractivity contribution in [3.63, 3.8) is 0 Å². The fourth-order valence-corrected chi connectivity index (χ4v) is 1.13. The van der Waals surface area contributed by atoms with Crippen LogP contribution in [0.25, 0.3) is 0 Å². The topological polar surface area (TPSA) is 72.9 Å². The number of hydrogen-bond donors (Lipinski definition) is 2. The summed E-state index contributed by atoms with van der Waals surface area (Å²) in [5, 5.41) is 6.84. The Morgan fingerprint density at radius 2 is 2.43 bits per heavy atom. The Kier molecular flexibility index (Phi) is 3.24. The van der Waals surface area contributed by atoms with Gasteiger partial charge < -0.3 is 11.1 Å². The third kappa shape index (κ3) is 2.32. The van der Waals surface area contributed by atoms with Crippen molar-refractivity contribution in [3.05, 3.63) is 11.9 Å². The number of carbonyl (C=O) groups is 1. The fraction of sp³-hybridized carbons (Fsp3) is 0.556. The maximum atomic E-state index is 11.4. The van der Waals surface area contributed by atoms with Gasteiger partial charge in [0.25, 0.3) is 0 Å². The van der Waals surface area contributed by atoms with Gasteiger partial charge in [0.2, 0.25) is 5.91 Å². The number of nitrogens with two attached hydrogens (primary N) is 1. The molecule has 0 saturated heterocycles. The van der Waals surface area contributed by atoms with Crippen LogP contribution in [0.5, 0.6) is 0 Å². The van der Waals surface area contributed by atoms with Gasteiger partial charge in [-0.3, -0.25) is 9.48 Å². The standard InChI is InChI=1S/C9H16N4O/c1-4-7(10)9(14)11-8-5-13(3)12-6(8)2/h5,7H,4,10H2,1-3H3,(H,11,14). The lowest BCUT2D eigenvalue weighted by Crippen LogP contribution is -2.34. The molecule has 5 heteroatoms. The first kappa shape index (κ1) is 10.7. The van der Waals surface area contributed by atoms with E-state index in [1.165, 1.54) is 0 Å².